The first-order valence-corrected chi connectivity index (χ1v) is 10.8. The van der Waals surface area contributed by atoms with Gasteiger partial charge < -0.3 is 14.6 Å². The van der Waals surface area contributed by atoms with E-state index in [-0.39, 0.29) is 23.1 Å². The van der Waals surface area contributed by atoms with Gasteiger partial charge in [-0.3, -0.25) is 9.69 Å². The Balaban J connectivity index is 1.59. The third kappa shape index (κ3) is 2.55. The predicted molar refractivity (Wildman–Crippen MR) is 106 cm³/mol. The molecule has 1 saturated heterocycles. The number of piperidine rings is 1. The number of nitrogens with zero attached hydrogens (tertiary/aromatic N) is 1. The van der Waals surface area contributed by atoms with Gasteiger partial charge in [0.2, 0.25) is 0 Å². The van der Waals surface area contributed by atoms with Crippen LogP contribution in [-0.2, 0) is 21.4 Å². The number of fused-ring (bicyclic) bond motifs is 1. The van der Waals surface area contributed by atoms with Crippen LogP contribution < -0.4 is 4.74 Å². The standard InChI is InChI=1S/C23H31NO4/c1-27-19-7-6-15-10-17-16-11-20(28-2)18(25)12-23(16,21(15)22(19)26)8-9-24(17)13-14-4-3-5-14/h6-7,14,16-17,20,26H,3-5,8-13H2,1-2H3/t16?,17?,20?,23-/m1/s1. The van der Waals surface area contributed by atoms with Crippen LogP contribution in [0, 0.1) is 11.8 Å². The van der Waals surface area contributed by atoms with Crippen LogP contribution in [0.3, 0.4) is 0 Å². The average molecular weight is 386 g/mol. The monoisotopic (exact) mass is 385 g/mol. The van der Waals surface area contributed by atoms with Crippen molar-refractivity contribution < 1.29 is 19.4 Å². The van der Waals surface area contributed by atoms with E-state index in [0.29, 0.717) is 24.1 Å². The molecule has 1 aromatic carbocycles. The molecule has 5 rings (SSSR count). The van der Waals surface area contributed by atoms with Gasteiger partial charge in [0.15, 0.2) is 17.3 Å². The summed E-state index contributed by atoms with van der Waals surface area (Å²) >= 11 is 0. The second-order valence-electron chi connectivity index (χ2n) is 9.33. The minimum Gasteiger partial charge on any atom is -0.504 e. The molecule has 1 aromatic rings. The molecule has 4 aliphatic rings. The lowest BCUT2D eigenvalue weighted by Crippen LogP contribution is -2.64. The molecular formula is C23H31NO4. The van der Waals surface area contributed by atoms with Gasteiger partial charge in [-0.25, -0.2) is 0 Å². The Labute approximate surface area is 167 Å². The highest BCUT2D eigenvalue weighted by molar-refractivity contribution is 5.86. The Hall–Kier alpha value is -1.59. The van der Waals surface area contributed by atoms with Crippen LogP contribution in [0.1, 0.15) is 49.7 Å². The molecule has 4 atom stereocenters. The summed E-state index contributed by atoms with van der Waals surface area (Å²) in [7, 11) is 3.25. The van der Waals surface area contributed by atoms with Crippen LogP contribution in [0.4, 0.5) is 0 Å². The van der Waals surface area contributed by atoms with Gasteiger partial charge in [-0.2, -0.15) is 0 Å². The first-order chi connectivity index (χ1) is 13.6. The molecule has 3 fully saturated rings. The minimum absolute atomic E-state index is 0.181. The van der Waals surface area contributed by atoms with Crippen molar-refractivity contribution in [1.82, 2.24) is 4.90 Å². The second-order valence-corrected chi connectivity index (χ2v) is 9.33. The Morgan fingerprint density at radius 3 is 2.79 bits per heavy atom. The van der Waals surface area contributed by atoms with E-state index in [0.717, 1.165) is 37.3 Å². The van der Waals surface area contributed by atoms with Crippen molar-refractivity contribution in [3.8, 4) is 11.5 Å². The SMILES string of the molecule is COc1ccc2c(c1O)[C@@]13CCN(CC4CCC4)C(C2)C1CC(OC)C(=O)C3. The molecule has 152 valence electrons. The van der Waals surface area contributed by atoms with E-state index in [9.17, 15) is 9.90 Å². The van der Waals surface area contributed by atoms with Gasteiger partial charge in [-0.1, -0.05) is 12.5 Å². The van der Waals surface area contributed by atoms with Gasteiger partial charge in [0, 0.05) is 37.1 Å². The van der Waals surface area contributed by atoms with Gasteiger partial charge in [-0.15, -0.1) is 0 Å². The Morgan fingerprint density at radius 2 is 2.11 bits per heavy atom. The van der Waals surface area contributed by atoms with Gasteiger partial charge in [-0.05, 0) is 62.1 Å². The second kappa shape index (κ2) is 6.74. The fraction of sp³-hybridized carbons (Fsp3) is 0.696. The van der Waals surface area contributed by atoms with Gasteiger partial charge in [0.05, 0.1) is 7.11 Å². The fourth-order valence-corrected chi connectivity index (χ4v) is 6.57. The van der Waals surface area contributed by atoms with Gasteiger partial charge >= 0.3 is 0 Å². The summed E-state index contributed by atoms with van der Waals surface area (Å²) in [4.78, 5) is 15.6. The number of benzene rings is 1. The molecule has 1 heterocycles. The van der Waals surface area contributed by atoms with Crippen LogP contribution in [0.25, 0.3) is 0 Å². The van der Waals surface area contributed by atoms with E-state index in [1.54, 1.807) is 14.2 Å². The maximum atomic E-state index is 12.9. The normalized spacial score (nSPS) is 35.1. The largest absolute Gasteiger partial charge is 0.504 e. The molecule has 5 nitrogen and oxygen atoms in total. The molecule has 0 amide bonds. The molecule has 5 heteroatoms. The van der Waals surface area contributed by atoms with Crippen molar-refractivity contribution in [3.05, 3.63) is 23.3 Å². The number of Topliss-reactive ketones (excluding diaryl/α,β-unsaturated/α-hetero) is 1. The molecular weight excluding hydrogens is 354 g/mol. The van der Waals surface area contributed by atoms with E-state index < -0.39 is 0 Å². The lowest BCUT2D eigenvalue weighted by atomic mass is 9.51. The summed E-state index contributed by atoms with van der Waals surface area (Å²) in [5.74, 6) is 2.12. The first kappa shape index (κ1) is 18.4. The molecule has 1 N–H and O–H groups in total. The summed E-state index contributed by atoms with van der Waals surface area (Å²) in [6.07, 6.45) is 6.87. The number of ether oxygens (including phenoxy) is 2. The number of rotatable bonds is 4. The Morgan fingerprint density at radius 1 is 1.29 bits per heavy atom. The molecule has 0 aromatic heterocycles. The molecule has 2 bridgehead atoms. The molecule has 1 aliphatic heterocycles. The topological polar surface area (TPSA) is 59.0 Å². The molecule has 3 unspecified atom stereocenters. The first-order valence-electron chi connectivity index (χ1n) is 10.8. The lowest BCUT2D eigenvalue weighted by Gasteiger charge is -2.60. The molecule has 0 spiro atoms. The summed E-state index contributed by atoms with van der Waals surface area (Å²) in [6, 6.07) is 4.42. The fourth-order valence-electron chi connectivity index (χ4n) is 6.57. The minimum atomic E-state index is -0.307. The number of carbonyl (C=O) groups is 1. The van der Waals surface area contributed by atoms with Crippen molar-refractivity contribution in [3.63, 3.8) is 0 Å². The number of hydrogen-bond acceptors (Lipinski definition) is 5. The van der Waals surface area contributed by atoms with Crippen LogP contribution >= 0.6 is 0 Å². The van der Waals surface area contributed by atoms with Crippen molar-refractivity contribution in [1.29, 1.82) is 0 Å². The maximum Gasteiger partial charge on any atom is 0.162 e. The summed E-state index contributed by atoms with van der Waals surface area (Å²) in [6.45, 7) is 2.19. The zero-order valence-electron chi connectivity index (χ0n) is 16.9. The Bertz CT molecular complexity index is 789. The van der Waals surface area contributed by atoms with Crippen molar-refractivity contribution in [2.75, 3.05) is 27.3 Å². The molecule has 28 heavy (non-hydrogen) atoms. The highest BCUT2D eigenvalue weighted by atomic mass is 16.5. The molecule has 0 radical (unpaired) electrons. The third-order valence-electron chi connectivity index (χ3n) is 8.18. The summed E-state index contributed by atoms with van der Waals surface area (Å²) in [5.41, 5.74) is 1.90. The number of phenols is 1. The average Bonchev–Trinajstić information content (AvgIpc) is 2.65. The molecule has 3 aliphatic carbocycles. The van der Waals surface area contributed by atoms with Gasteiger partial charge in [0.1, 0.15) is 6.10 Å². The van der Waals surface area contributed by atoms with E-state index >= 15 is 0 Å². The van der Waals surface area contributed by atoms with Gasteiger partial charge in [0.25, 0.3) is 0 Å². The lowest BCUT2D eigenvalue weighted by molar-refractivity contribution is -0.142. The predicted octanol–water partition coefficient (Wildman–Crippen LogP) is 3.06. The zero-order chi connectivity index (χ0) is 19.5. The zero-order valence-corrected chi connectivity index (χ0v) is 16.9. The van der Waals surface area contributed by atoms with E-state index in [1.807, 2.05) is 6.07 Å². The number of methoxy groups -OCH3 is 2. The summed E-state index contributed by atoms with van der Waals surface area (Å²) < 4.78 is 11.0. The van der Waals surface area contributed by atoms with E-state index in [4.69, 9.17) is 9.47 Å². The van der Waals surface area contributed by atoms with E-state index in [1.165, 1.54) is 31.4 Å². The third-order valence-corrected chi connectivity index (χ3v) is 8.18. The van der Waals surface area contributed by atoms with E-state index in [2.05, 4.69) is 11.0 Å². The quantitative estimate of drug-likeness (QED) is 0.863. The van der Waals surface area contributed by atoms with Crippen LogP contribution in [0.2, 0.25) is 0 Å². The maximum absolute atomic E-state index is 12.9. The number of phenolic OH excluding ortho intramolecular Hbond substituents is 1. The number of likely N-dealkylation sites (tertiary alicyclic amines) is 1. The van der Waals surface area contributed by atoms with Crippen LogP contribution in [-0.4, -0.2) is 55.2 Å². The number of aromatic hydroxyl groups is 1. The smallest absolute Gasteiger partial charge is 0.162 e. The molecule has 2 saturated carbocycles. The van der Waals surface area contributed by atoms with Crippen LogP contribution in [0.5, 0.6) is 11.5 Å². The van der Waals surface area contributed by atoms with Crippen molar-refractivity contribution in [2.45, 2.75) is 62.5 Å². The van der Waals surface area contributed by atoms with Crippen molar-refractivity contribution >= 4 is 5.78 Å². The number of carbonyl (C=O) groups excluding carboxylic acids is 1. The van der Waals surface area contributed by atoms with Crippen molar-refractivity contribution in [2.24, 2.45) is 11.8 Å². The number of hydrogen-bond donors (Lipinski definition) is 1. The Kier molecular flexibility index (Phi) is 4.44. The highest BCUT2D eigenvalue weighted by Gasteiger charge is 2.59. The summed E-state index contributed by atoms with van der Waals surface area (Å²) in [5, 5.41) is 11.1. The number of ketones is 1. The van der Waals surface area contributed by atoms with Crippen LogP contribution in [0.15, 0.2) is 12.1 Å². The highest BCUT2D eigenvalue weighted by Crippen LogP contribution is 2.59.